The summed E-state index contributed by atoms with van der Waals surface area (Å²) in [7, 11) is 0. The number of carboxylic acid groups (broad SMARTS) is 1. The summed E-state index contributed by atoms with van der Waals surface area (Å²) in [5.41, 5.74) is 3.49. The topological polar surface area (TPSA) is 62.5 Å². The number of hydrogen-bond donors (Lipinski definition) is 2. The maximum absolute atomic E-state index is 11.0. The van der Waals surface area contributed by atoms with Crippen molar-refractivity contribution in [3.8, 4) is 0 Å². The Hall–Kier alpha value is -1.75. The van der Waals surface area contributed by atoms with Crippen LogP contribution in [-0.2, 0) is 6.54 Å². The fraction of sp³-hybridized carbons (Fsp3) is 0.267. The van der Waals surface area contributed by atoms with Crippen LogP contribution in [0.15, 0.2) is 27.1 Å². The van der Waals surface area contributed by atoms with Gasteiger partial charge in [-0.25, -0.2) is 4.79 Å². The summed E-state index contributed by atoms with van der Waals surface area (Å²) >= 11 is 3.53. The molecule has 0 amide bonds. The zero-order valence-electron chi connectivity index (χ0n) is 11.6. The number of aromatic carboxylic acids is 1. The van der Waals surface area contributed by atoms with Gasteiger partial charge >= 0.3 is 5.97 Å². The van der Waals surface area contributed by atoms with E-state index in [2.05, 4.69) is 21.2 Å². The number of carboxylic acids is 1. The van der Waals surface area contributed by atoms with Crippen LogP contribution >= 0.6 is 15.9 Å². The molecule has 20 heavy (non-hydrogen) atoms. The number of aryl methyl sites for hydroxylation is 3. The van der Waals surface area contributed by atoms with Crippen molar-refractivity contribution < 1.29 is 14.3 Å². The van der Waals surface area contributed by atoms with Crippen LogP contribution in [0.25, 0.3) is 0 Å². The van der Waals surface area contributed by atoms with Crippen LogP contribution in [0, 0.1) is 20.8 Å². The SMILES string of the molecule is Cc1cc(NCc2cc(C(=O)O)c(C)o2)cc(C)c1Br. The van der Waals surface area contributed by atoms with Crippen molar-refractivity contribution in [1.82, 2.24) is 0 Å². The third kappa shape index (κ3) is 3.04. The maximum Gasteiger partial charge on any atom is 0.339 e. The van der Waals surface area contributed by atoms with Crippen LogP contribution in [-0.4, -0.2) is 11.1 Å². The van der Waals surface area contributed by atoms with Gasteiger partial charge in [0.05, 0.1) is 6.54 Å². The highest BCUT2D eigenvalue weighted by Crippen LogP contribution is 2.25. The molecule has 0 radical (unpaired) electrons. The molecule has 0 saturated heterocycles. The number of carbonyl (C=O) groups is 1. The van der Waals surface area contributed by atoms with Crippen LogP contribution in [0.2, 0.25) is 0 Å². The van der Waals surface area contributed by atoms with Crippen molar-refractivity contribution in [3.05, 3.63) is 50.9 Å². The first-order valence-electron chi connectivity index (χ1n) is 6.21. The minimum atomic E-state index is -0.965. The van der Waals surface area contributed by atoms with Crippen LogP contribution in [0.5, 0.6) is 0 Å². The zero-order chi connectivity index (χ0) is 14.9. The van der Waals surface area contributed by atoms with Gasteiger partial charge in [0, 0.05) is 10.2 Å². The van der Waals surface area contributed by atoms with E-state index in [1.165, 1.54) is 0 Å². The second-order valence-corrected chi connectivity index (χ2v) is 5.56. The Bertz CT molecular complexity index is 638. The lowest BCUT2D eigenvalue weighted by Gasteiger charge is -2.09. The maximum atomic E-state index is 11.0. The molecular weight excluding hydrogens is 322 g/mol. The molecule has 0 aliphatic carbocycles. The third-order valence-electron chi connectivity index (χ3n) is 3.10. The summed E-state index contributed by atoms with van der Waals surface area (Å²) in [6.45, 7) is 6.17. The standard InChI is InChI=1S/C15H16BrNO3/c1-8-4-11(5-9(2)14(8)16)17-7-12-6-13(15(18)19)10(3)20-12/h4-6,17H,7H2,1-3H3,(H,18,19). The van der Waals surface area contributed by atoms with Crippen molar-refractivity contribution in [2.75, 3.05) is 5.32 Å². The predicted molar refractivity (Wildman–Crippen MR) is 81.3 cm³/mol. The molecule has 0 unspecified atom stereocenters. The van der Waals surface area contributed by atoms with Gasteiger partial charge in [0.2, 0.25) is 0 Å². The number of halogens is 1. The highest BCUT2D eigenvalue weighted by atomic mass is 79.9. The predicted octanol–water partition coefficient (Wildman–Crippen LogP) is 4.28. The van der Waals surface area contributed by atoms with E-state index in [0.29, 0.717) is 18.1 Å². The smallest absolute Gasteiger partial charge is 0.339 e. The lowest BCUT2D eigenvalue weighted by Crippen LogP contribution is -1.99. The van der Waals surface area contributed by atoms with E-state index < -0.39 is 5.97 Å². The van der Waals surface area contributed by atoms with Crippen molar-refractivity contribution in [1.29, 1.82) is 0 Å². The summed E-state index contributed by atoms with van der Waals surface area (Å²) in [5, 5.41) is 12.2. The first-order valence-corrected chi connectivity index (χ1v) is 7.01. The Kier molecular flexibility index (Phi) is 4.18. The number of nitrogens with one attached hydrogen (secondary N) is 1. The average Bonchev–Trinajstić information content (AvgIpc) is 2.75. The molecule has 5 heteroatoms. The lowest BCUT2D eigenvalue weighted by atomic mass is 10.1. The van der Waals surface area contributed by atoms with Gasteiger partial charge in [0.25, 0.3) is 0 Å². The molecule has 1 aromatic carbocycles. The van der Waals surface area contributed by atoms with Gasteiger partial charge in [0.15, 0.2) is 0 Å². The Labute approximate surface area is 125 Å². The van der Waals surface area contributed by atoms with Gasteiger partial charge in [-0.15, -0.1) is 0 Å². The molecule has 0 atom stereocenters. The zero-order valence-corrected chi connectivity index (χ0v) is 13.2. The van der Waals surface area contributed by atoms with Crippen LogP contribution in [0.3, 0.4) is 0 Å². The third-order valence-corrected chi connectivity index (χ3v) is 4.35. The van der Waals surface area contributed by atoms with E-state index in [0.717, 1.165) is 21.3 Å². The molecule has 2 rings (SSSR count). The average molecular weight is 338 g/mol. The fourth-order valence-corrected chi connectivity index (χ4v) is 2.31. The van der Waals surface area contributed by atoms with Gasteiger partial charge in [-0.2, -0.15) is 0 Å². The number of rotatable bonds is 4. The van der Waals surface area contributed by atoms with E-state index in [1.54, 1.807) is 13.0 Å². The van der Waals surface area contributed by atoms with Crippen molar-refractivity contribution in [2.45, 2.75) is 27.3 Å². The lowest BCUT2D eigenvalue weighted by molar-refractivity contribution is 0.0695. The molecule has 0 spiro atoms. The van der Waals surface area contributed by atoms with Crippen LogP contribution in [0.1, 0.15) is 33.0 Å². The van der Waals surface area contributed by atoms with Crippen LogP contribution < -0.4 is 5.32 Å². The molecule has 0 aliphatic rings. The molecule has 4 nitrogen and oxygen atoms in total. The summed E-state index contributed by atoms with van der Waals surface area (Å²) < 4.78 is 6.53. The molecule has 0 fully saturated rings. The van der Waals surface area contributed by atoms with E-state index in [-0.39, 0.29) is 5.56 Å². The molecule has 1 heterocycles. The Morgan fingerprint density at radius 1 is 1.25 bits per heavy atom. The van der Waals surface area contributed by atoms with Crippen molar-refractivity contribution in [2.24, 2.45) is 0 Å². The van der Waals surface area contributed by atoms with E-state index in [1.807, 2.05) is 26.0 Å². The first kappa shape index (κ1) is 14.7. The minimum absolute atomic E-state index is 0.213. The second-order valence-electron chi connectivity index (χ2n) is 4.77. The van der Waals surface area contributed by atoms with Crippen LogP contribution in [0.4, 0.5) is 5.69 Å². The molecule has 2 N–H and O–H groups in total. The van der Waals surface area contributed by atoms with Gasteiger partial charge in [-0.05, 0) is 50.1 Å². The minimum Gasteiger partial charge on any atom is -0.478 e. The molecule has 0 aliphatic heterocycles. The first-order chi connectivity index (χ1) is 9.38. The van der Waals surface area contributed by atoms with Gasteiger partial charge in [-0.3, -0.25) is 0 Å². The van der Waals surface area contributed by atoms with E-state index >= 15 is 0 Å². The van der Waals surface area contributed by atoms with Gasteiger partial charge in [0.1, 0.15) is 17.1 Å². The highest BCUT2D eigenvalue weighted by molar-refractivity contribution is 9.10. The van der Waals surface area contributed by atoms with Crippen molar-refractivity contribution >= 4 is 27.6 Å². The second kappa shape index (κ2) is 5.71. The molecule has 0 bridgehead atoms. The Balaban J connectivity index is 2.13. The summed E-state index contributed by atoms with van der Waals surface area (Å²) in [6.07, 6.45) is 0. The molecular formula is C15H16BrNO3. The molecule has 1 aromatic heterocycles. The highest BCUT2D eigenvalue weighted by Gasteiger charge is 2.13. The van der Waals surface area contributed by atoms with Gasteiger partial charge < -0.3 is 14.8 Å². The number of benzene rings is 1. The van der Waals surface area contributed by atoms with Crippen molar-refractivity contribution in [3.63, 3.8) is 0 Å². The number of hydrogen-bond acceptors (Lipinski definition) is 3. The quantitative estimate of drug-likeness (QED) is 0.874. The Morgan fingerprint density at radius 3 is 2.35 bits per heavy atom. The number of anilines is 1. The van der Waals surface area contributed by atoms with E-state index in [9.17, 15) is 4.79 Å². The summed E-state index contributed by atoms with van der Waals surface area (Å²) in [6, 6.07) is 5.62. The monoisotopic (exact) mass is 337 g/mol. The largest absolute Gasteiger partial charge is 0.478 e. The van der Waals surface area contributed by atoms with E-state index in [4.69, 9.17) is 9.52 Å². The summed E-state index contributed by atoms with van der Waals surface area (Å²) in [4.78, 5) is 11.0. The molecule has 2 aromatic rings. The normalized spacial score (nSPS) is 10.6. The van der Waals surface area contributed by atoms with Gasteiger partial charge in [-0.1, -0.05) is 15.9 Å². The summed E-state index contributed by atoms with van der Waals surface area (Å²) in [5.74, 6) is 0.0726. The molecule has 106 valence electrons. The molecule has 0 saturated carbocycles. The fourth-order valence-electron chi connectivity index (χ4n) is 2.08. The number of furan rings is 1. The Morgan fingerprint density at radius 2 is 1.85 bits per heavy atom.